The number of thioether (sulfide) groups is 1. The Labute approximate surface area is 243 Å². The second kappa shape index (κ2) is 12.1. The van der Waals surface area contributed by atoms with Crippen LogP contribution in [-0.4, -0.2) is 73.6 Å². The van der Waals surface area contributed by atoms with Crippen molar-refractivity contribution in [1.82, 2.24) is 20.9 Å². The lowest BCUT2D eigenvalue weighted by atomic mass is 9.86. The molecular formula is C30H35N5O5S. The van der Waals surface area contributed by atoms with E-state index in [0.29, 0.717) is 42.5 Å². The lowest BCUT2D eigenvalue weighted by Crippen LogP contribution is -2.62. The van der Waals surface area contributed by atoms with Gasteiger partial charge in [0.1, 0.15) is 11.5 Å². The summed E-state index contributed by atoms with van der Waals surface area (Å²) in [5.74, 6) is 1.26. The number of carbonyl (C=O) groups excluding carboxylic acids is 3. The molecule has 4 amide bonds. The minimum Gasteiger partial charge on any atom is -0.457 e. The number of amides is 4. The van der Waals surface area contributed by atoms with E-state index >= 15 is 0 Å². The Hall–Kier alpha value is -3.54. The molecule has 0 radical (unpaired) electrons. The predicted molar refractivity (Wildman–Crippen MR) is 157 cm³/mol. The summed E-state index contributed by atoms with van der Waals surface area (Å²) in [6.45, 7) is 2.32. The Morgan fingerprint density at radius 2 is 1.85 bits per heavy atom. The molecule has 0 saturated carbocycles. The fraction of sp³-hybridized carbons (Fsp3) is 0.433. The summed E-state index contributed by atoms with van der Waals surface area (Å²) in [7, 11) is 1.58. The standard InChI is InChI=1S/C30H35N5O5S/c1-39-17-14-24(36)34-16-5-6-19(18-34)32-28(37)27-26-25-23(13-15-31-29(25)41-27)35(30(38)33-26)20-9-11-22(12-10-20)40-21-7-3-2-4-8-21/h2-4,7-12,19,23,25,29,31H,5-6,13-18H2,1H3,(H,32,37)(H,33,38)/t19-,23?,25?,29?/m1/s1. The van der Waals surface area contributed by atoms with E-state index in [1.165, 1.54) is 11.8 Å². The summed E-state index contributed by atoms with van der Waals surface area (Å²) in [5.41, 5.74) is 1.49. The molecule has 0 aromatic heterocycles. The Balaban J connectivity index is 1.16. The number of piperidine rings is 2. The van der Waals surface area contributed by atoms with Crippen LogP contribution in [-0.2, 0) is 14.3 Å². The van der Waals surface area contributed by atoms with Gasteiger partial charge < -0.3 is 30.3 Å². The molecule has 11 heteroatoms. The van der Waals surface area contributed by atoms with Gasteiger partial charge in [0.25, 0.3) is 5.91 Å². The Kier molecular flexibility index (Phi) is 8.18. The van der Waals surface area contributed by atoms with Gasteiger partial charge >= 0.3 is 6.03 Å². The van der Waals surface area contributed by atoms with Crippen molar-refractivity contribution >= 4 is 35.3 Å². The van der Waals surface area contributed by atoms with E-state index in [-0.39, 0.29) is 41.2 Å². The summed E-state index contributed by atoms with van der Waals surface area (Å²) < 4.78 is 11.0. The summed E-state index contributed by atoms with van der Waals surface area (Å²) in [6, 6.07) is 16.7. The molecule has 4 aliphatic rings. The van der Waals surface area contributed by atoms with Gasteiger partial charge in [-0.25, -0.2) is 4.79 Å². The Morgan fingerprint density at radius 3 is 2.63 bits per heavy atom. The zero-order chi connectivity index (χ0) is 28.3. The molecule has 0 spiro atoms. The number of anilines is 1. The van der Waals surface area contributed by atoms with Gasteiger partial charge in [-0.15, -0.1) is 0 Å². The first-order chi connectivity index (χ1) is 20.0. The van der Waals surface area contributed by atoms with Crippen molar-refractivity contribution in [2.24, 2.45) is 5.92 Å². The average Bonchev–Trinajstić information content (AvgIpc) is 3.37. The van der Waals surface area contributed by atoms with Crippen LogP contribution in [0.2, 0.25) is 0 Å². The fourth-order valence-electron chi connectivity index (χ4n) is 6.14. The number of rotatable bonds is 8. The number of ether oxygens (including phenoxy) is 2. The number of methoxy groups -OCH3 is 1. The van der Waals surface area contributed by atoms with E-state index in [1.54, 1.807) is 12.0 Å². The highest BCUT2D eigenvalue weighted by molar-refractivity contribution is 8.04. The van der Waals surface area contributed by atoms with Crippen molar-refractivity contribution in [2.45, 2.75) is 43.1 Å². The molecular weight excluding hydrogens is 542 g/mol. The van der Waals surface area contributed by atoms with Gasteiger partial charge in [0.05, 0.1) is 29.3 Å². The largest absolute Gasteiger partial charge is 0.457 e. The second-order valence-electron chi connectivity index (χ2n) is 10.7. The van der Waals surface area contributed by atoms with Gasteiger partial charge in [-0.2, -0.15) is 0 Å². The van der Waals surface area contributed by atoms with E-state index in [1.807, 2.05) is 59.5 Å². The first kappa shape index (κ1) is 27.6. The molecule has 41 heavy (non-hydrogen) atoms. The SMILES string of the molecule is COCCC(=O)N1CCC[C@@H](NC(=O)C2=C3NC(=O)N(c4ccc(Oc5ccccc5)cc4)C4CCNC(S2)C34)C1. The highest BCUT2D eigenvalue weighted by Crippen LogP contribution is 2.48. The molecule has 2 aromatic rings. The Morgan fingerprint density at radius 1 is 1.07 bits per heavy atom. The third-order valence-electron chi connectivity index (χ3n) is 8.07. The molecule has 4 atom stereocenters. The van der Waals surface area contributed by atoms with E-state index in [2.05, 4.69) is 16.0 Å². The zero-order valence-electron chi connectivity index (χ0n) is 23.0. The van der Waals surface area contributed by atoms with Crippen LogP contribution in [0, 0.1) is 5.92 Å². The zero-order valence-corrected chi connectivity index (χ0v) is 23.8. The molecule has 3 unspecified atom stereocenters. The lowest BCUT2D eigenvalue weighted by Gasteiger charge is -2.45. The number of hydrogen-bond acceptors (Lipinski definition) is 7. The molecule has 3 fully saturated rings. The summed E-state index contributed by atoms with van der Waals surface area (Å²) in [5, 5.41) is 9.75. The average molecular weight is 578 g/mol. The third kappa shape index (κ3) is 5.79. The van der Waals surface area contributed by atoms with Crippen molar-refractivity contribution in [3.8, 4) is 11.5 Å². The van der Waals surface area contributed by atoms with Crippen LogP contribution < -0.4 is 25.6 Å². The highest BCUT2D eigenvalue weighted by Gasteiger charge is 2.51. The van der Waals surface area contributed by atoms with Crippen molar-refractivity contribution in [3.63, 3.8) is 0 Å². The second-order valence-corrected chi connectivity index (χ2v) is 11.9. The molecule has 4 heterocycles. The lowest BCUT2D eigenvalue weighted by molar-refractivity contribution is -0.134. The maximum Gasteiger partial charge on any atom is 0.326 e. The number of urea groups is 1. The minimum absolute atomic E-state index is 0.00763. The molecule has 2 aromatic carbocycles. The van der Waals surface area contributed by atoms with Gasteiger partial charge in [0.15, 0.2) is 0 Å². The maximum absolute atomic E-state index is 13.5. The third-order valence-corrected chi connectivity index (χ3v) is 9.43. The van der Waals surface area contributed by atoms with Crippen LogP contribution in [0.4, 0.5) is 10.5 Å². The summed E-state index contributed by atoms with van der Waals surface area (Å²) >= 11 is 1.49. The smallest absolute Gasteiger partial charge is 0.326 e. The van der Waals surface area contributed by atoms with Crippen molar-refractivity contribution in [1.29, 1.82) is 0 Å². The topological polar surface area (TPSA) is 112 Å². The molecule has 10 nitrogen and oxygen atoms in total. The molecule has 4 aliphatic heterocycles. The summed E-state index contributed by atoms with van der Waals surface area (Å²) in [6.07, 6.45) is 2.75. The highest BCUT2D eigenvalue weighted by atomic mass is 32.2. The number of benzene rings is 2. The number of likely N-dealkylation sites (tertiary alicyclic amines) is 1. The first-order valence-electron chi connectivity index (χ1n) is 14.2. The van der Waals surface area contributed by atoms with Crippen molar-refractivity contribution < 1.29 is 23.9 Å². The van der Waals surface area contributed by atoms with E-state index in [4.69, 9.17) is 9.47 Å². The van der Waals surface area contributed by atoms with E-state index < -0.39 is 0 Å². The van der Waals surface area contributed by atoms with Gasteiger partial charge in [-0.05, 0) is 62.2 Å². The van der Waals surface area contributed by atoms with Crippen LogP contribution in [0.25, 0.3) is 0 Å². The number of hydrogen-bond donors (Lipinski definition) is 3. The molecule has 0 bridgehead atoms. The molecule has 0 aliphatic carbocycles. The molecule has 6 rings (SSSR count). The van der Waals surface area contributed by atoms with Gasteiger partial charge in [-0.1, -0.05) is 30.0 Å². The van der Waals surface area contributed by atoms with E-state index in [9.17, 15) is 14.4 Å². The molecule has 216 valence electrons. The van der Waals surface area contributed by atoms with E-state index in [0.717, 1.165) is 37.2 Å². The van der Waals surface area contributed by atoms with Crippen LogP contribution in [0.5, 0.6) is 11.5 Å². The molecule has 3 N–H and O–H groups in total. The Bertz CT molecular complexity index is 1320. The summed E-state index contributed by atoms with van der Waals surface area (Å²) in [4.78, 5) is 43.7. The van der Waals surface area contributed by atoms with Crippen LogP contribution in [0.1, 0.15) is 25.7 Å². The quantitative estimate of drug-likeness (QED) is 0.441. The molecule has 3 saturated heterocycles. The van der Waals surface area contributed by atoms with Gasteiger partial charge in [-0.3, -0.25) is 14.5 Å². The number of nitrogens with zero attached hydrogens (tertiary/aromatic N) is 2. The van der Waals surface area contributed by atoms with Crippen molar-refractivity contribution in [3.05, 3.63) is 65.2 Å². The van der Waals surface area contributed by atoms with Crippen molar-refractivity contribution in [2.75, 3.05) is 38.3 Å². The number of para-hydroxylation sites is 1. The number of carbonyl (C=O) groups is 3. The van der Waals surface area contributed by atoms with Crippen LogP contribution >= 0.6 is 11.8 Å². The van der Waals surface area contributed by atoms with Gasteiger partial charge in [0.2, 0.25) is 5.91 Å². The normalized spacial score (nSPS) is 25.4. The van der Waals surface area contributed by atoms with Gasteiger partial charge in [0, 0.05) is 43.5 Å². The number of nitrogens with one attached hydrogen (secondary N) is 3. The predicted octanol–water partition coefficient (Wildman–Crippen LogP) is 3.41. The fourth-order valence-corrected chi connectivity index (χ4v) is 7.54. The minimum atomic E-state index is -0.237. The monoisotopic (exact) mass is 577 g/mol. The van der Waals surface area contributed by atoms with Crippen LogP contribution in [0.15, 0.2) is 65.2 Å². The maximum atomic E-state index is 13.5. The van der Waals surface area contributed by atoms with Crippen LogP contribution in [0.3, 0.4) is 0 Å². The first-order valence-corrected chi connectivity index (χ1v) is 15.0.